The van der Waals surface area contributed by atoms with Gasteiger partial charge in [-0.25, -0.2) is 4.68 Å². The van der Waals surface area contributed by atoms with Crippen LogP contribution < -0.4 is 10.2 Å². The zero-order valence-electron chi connectivity index (χ0n) is 16.3. The minimum absolute atomic E-state index is 0.0622. The fourth-order valence-electron chi connectivity index (χ4n) is 3.36. The van der Waals surface area contributed by atoms with Crippen molar-refractivity contribution in [1.82, 2.24) is 15.0 Å². The molecule has 3 aromatic rings. The van der Waals surface area contributed by atoms with Gasteiger partial charge in [-0.1, -0.05) is 23.4 Å². The number of para-hydroxylation sites is 2. The lowest BCUT2D eigenvalue weighted by molar-refractivity contribution is -0.384. The molecule has 10 heteroatoms. The predicted octanol–water partition coefficient (Wildman–Crippen LogP) is 2.57. The first-order chi connectivity index (χ1) is 14.5. The van der Waals surface area contributed by atoms with Crippen LogP contribution in [0.3, 0.4) is 0 Å². The van der Waals surface area contributed by atoms with Gasteiger partial charge in [0.05, 0.1) is 40.9 Å². The third-order valence-electron chi connectivity index (χ3n) is 4.90. The van der Waals surface area contributed by atoms with E-state index in [0.717, 1.165) is 18.8 Å². The van der Waals surface area contributed by atoms with Crippen LogP contribution in [0.5, 0.6) is 0 Å². The van der Waals surface area contributed by atoms with Gasteiger partial charge < -0.3 is 15.0 Å². The molecular weight excluding hydrogens is 388 g/mol. The van der Waals surface area contributed by atoms with Crippen LogP contribution >= 0.6 is 0 Å². The number of hydrogen-bond acceptors (Lipinski definition) is 7. The third kappa shape index (κ3) is 3.85. The summed E-state index contributed by atoms with van der Waals surface area (Å²) in [6.45, 7) is 4.46. The molecule has 1 aromatic heterocycles. The van der Waals surface area contributed by atoms with Crippen LogP contribution in [-0.4, -0.2) is 52.1 Å². The molecule has 1 aliphatic rings. The molecule has 0 bridgehead atoms. The second kappa shape index (κ2) is 8.29. The molecular formula is C20H20N6O4. The van der Waals surface area contributed by atoms with Gasteiger partial charge in [-0.15, -0.1) is 5.10 Å². The summed E-state index contributed by atoms with van der Waals surface area (Å²) in [5, 5.41) is 22.0. The molecule has 0 spiro atoms. The maximum absolute atomic E-state index is 12.9. The zero-order valence-corrected chi connectivity index (χ0v) is 16.3. The number of anilines is 2. The van der Waals surface area contributed by atoms with Gasteiger partial charge in [-0.05, 0) is 25.1 Å². The number of ether oxygens (including phenoxy) is 1. The highest BCUT2D eigenvalue weighted by Gasteiger charge is 2.21. The number of carbonyl (C=O) groups is 1. The van der Waals surface area contributed by atoms with Gasteiger partial charge in [0, 0.05) is 25.2 Å². The molecule has 0 atom stereocenters. The van der Waals surface area contributed by atoms with E-state index in [9.17, 15) is 14.9 Å². The van der Waals surface area contributed by atoms with Crippen LogP contribution in [-0.2, 0) is 4.74 Å². The first kappa shape index (κ1) is 19.5. The van der Waals surface area contributed by atoms with E-state index >= 15 is 0 Å². The highest BCUT2D eigenvalue weighted by molar-refractivity contribution is 6.05. The Kier molecular flexibility index (Phi) is 5.40. The lowest BCUT2D eigenvalue weighted by atomic mass is 10.2. The van der Waals surface area contributed by atoms with Crippen LogP contribution in [0.4, 0.5) is 17.1 Å². The Morgan fingerprint density at radius 1 is 1.17 bits per heavy atom. The number of carbonyl (C=O) groups excluding carboxylic acids is 1. The van der Waals surface area contributed by atoms with Crippen molar-refractivity contribution in [2.24, 2.45) is 0 Å². The number of nitrogens with one attached hydrogen (secondary N) is 1. The summed E-state index contributed by atoms with van der Waals surface area (Å²) in [6, 6.07) is 13.6. The quantitative estimate of drug-likeness (QED) is 0.509. The van der Waals surface area contributed by atoms with E-state index in [1.54, 1.807) is 19.1 Å². The van der Waals surface area contributed by atoms with Gasteiger partial charge in [0.15, 0.2) is 5.69 Å². The van der Waals surface area contributed by atoms with Crippen molar-refractivity contribution in [3.05, 3.63) is 70.0 Å². The Hall–Kier alpha value is -3.79. The van der Waals surface area contributed by atoms with Crippen LogP contribution in [0, 0.1) is 17.0 Å². The van der Waals surface area contributed by atoms with Crippen molar-refractivity contribution in [3.8, 4) is 5.69 Å². The van der Waals surface area contributed by atoms with E-state index in [1.165, 1.54) is 16.8 Å². The molecule has 1 N–H and O–H groups in total. The van der Waals surface area contributed by atoms with Gasteiger partial charge in [0.25, 0.3) is 11.6 Å². The number of nitrogens with zero attached hydrogens (tertiary/aromatic N) is 5. The van der Waals surface area contributed by atoms with Gasteiger partial charge in [0.1, 0.15) is 0 Å². The predicted molar refractivity (Wildman–Crippen MR) is 110 cm³/mol. The van der Waals surface area contributed by atoms with Crippen molar-refractivity contribution in [2.75, 3.05) is 36.5 Å². The molecule has 30 heavy (non-hydrogen) atoms. The molecule has 1 saturated heterocycles. The molecule has 154 valence electrons. The van der Waals surface area contributed by atoms with Crippen LogP contribution in [0.25, 0.3) is 5.69 Å². The maximum atomic E-state index is 12.9. The van der Waals surface area contributed by atoms with Gasteiger partial charge in [0.2, 0.25) is 0 Å². The van der Waals surface area contributed by atoms with Gasteiger partial charge in [-0.2, -0.15) is 0 Å². The number of non-ortho nitro benzene ring substituents is 1. The molecule has 2 heterocycles. The Morgan fingerprint density at radius 2 is 1.93 bits per heavy atom. The Bertz CT molecular complexity index is 1090. The number of rotatable bonds is 5. The molecule has 2 aromatic carbocycles. The van der Waals surface area contributed by atoms with Crippen molar-refractivity contribution in [1.29, 1.82) is 0 Å². The van der Waals surface area contributed by atoms with E-state index in [-0.39, 0.29) is 11.4 Å². The molecule has 1 amide bonds. The summed E-state index contributed by atoms with van der Waals surface area (Å²) < 4.78 is 6.82. The van der Waals surface area contributed by atoms with Gasteiger partial charge in [-0.3, -0.25) is 14.9 Å². The summed E-state index contributed by atoms with van der Waals surface area (Å²) in [6.07, 6.45) is 0. The summed E-state index contributed by atoms with van der Waals surface area (Å²) in [7, 11) is 0. The largest absolute Gasteiger partial charge is 0.378 e. The number of morpholine rings is 1. The fraction of sp³-hybridized carbons (Fsp3) is 0.250. The molecule has 1 fully saturated rings. The summed E-state index contributed by atoms with van der Waals surface area (Å²) in [5.74, 6) is -0.398. The molecule has 0 saturated carbocycles. The van der Waals surface area contributed by atoms with Crippen molar-refractivity contribution in [3.63, 3.8) is 0 Å². The lowest BCUT2D eigenvalue weighted by Crippen LogP contribution is -2.36. The minimum atomic E-state index is -0.480. The second-order valence-electron chi connectivity index (χ2n) is 6.78. The molecule has 0 aliphatic carbocycles. The first-order valence-electron chi connectivity index (χ1n) is 9.45. The molecule has 0 radical (unpaired) electrons. The number of hydrogen-bond donors (Lipinski definition) is 1. The second-order valence-corrected chi connectivity index (χ2v) is 6.78. The normalized spacial score (nSPS) is 13.8. The maximum Gasteiger partial charge on any atom is 0.278 e. The molecule has 4 rings (SSSR count). The minimum Gasteiger partial charge on any atom is -0.378 e. The highest BCUT2D eigenvalue weighted by Crippen LogP contribution is 2.27. The van der Waals surface area contributed by atoms with Crippen LogP contribution in [0.1, 0.15) is 16.2 Å². The summed E-state index contributed by atoms with van der Waals surface area (Å²) in [5.41, 5.74) is 2.62. The van der Waals surface area contributed by atoms with E-state index in [0.29, 0.717) is 30.3 Å². The van der Waals surface area contributed by atoms with Crippen LogP contribution in [0.2, 0.25) is 0 Å². The number of amides is 1. The number of benzene rings is 2. The fourth-order valence-corrected chi connectivity index (χ4v) is 3.36. The SMILES string of the molecule is Cc1c(C(=O)Nc2ccccc2N2CCOCC2)nnn1-c1cccc([N+](=O)[O-])c1. The van der Waals surface area contributed by atoms with E-state index in [4.69, 9.17) is 4.74 Å². The average molecular weight is 408 g/mol. The van der Waals surface area contributed by atoms with Crippen molar-refractivity contribution >= 4 is 23.0 Å². The Morgan fingerprint density at radius 3 is 2.70 bits per heavy atom. The number of nitro groups is 1. The van der Waals surface area contributed by atoms with Gasteiger partial charge >= 0.3 is 0 Å². The third-order valence-corrected chi connectivity index (χ3v) is 4.90. The van der Waals surface area contributed by atoms with Crippen molar-refractivity contribution < 1.29 is 14.5 Å². The number of aromatic nitrogens is 3. The lowest BCUT2D eigenvalue weighted by Gasteiger charge is -2.30. The smallest absolute Gasteiger partial charge is 0.278 e. The first-order valence-corrected chi connectivity index (χ1v) is 9.45. The van der Waals surface area contributed by atoms with E-state index in [1.807, 2.05) is 24.3 Å². The van der Waals surface area contributed by atoms with Crippen LogP contribution in [0.15, 0.2) is 48.5 Å². The standard InChI is InChI=1S/C20H20N6O4/c1-14-19(22-23-25(14)15-5-4-6-16(13-15)26(28)29)20(27)21-17-7-2-3-8-18(17)24-9-11-30-12-10-24/h2-8,13H,9-12H2,1H3,(H,21,27). The average Bonchev–Trinajstić information content (AvgIpc) is 3.16. The topological polar surface area (TPSA) is 115 Å². The highest BCUT2D eigenvalue weighted by atomic mass is 16.6. The monoisotopic (exact) mass is 408 g/mol. The Labute approximate surface area is 172 Å². The van der Waals surface area contributed by atoms with E-state index in [2.05, 4.69) is 20.5 Å². The summed E-state index contributed by atoms with van der Waals surface area (Å²) >= 11 is 0. The Balaban J connectivity index is 1.59. The van der Waals surface area contributed by atoms with Crippen molar-refractivity contribution in [2.45, 2.75) is 6.92 Å². The molecule has 10 nitrogen and oxygen atoms in total. The van der Waals surface area contributed by atoms with E-state index < -0.39 is 10.8 Å². The number of nitro benzene ring substituents is 1. The molecule has 0 unspecified atom stereocenters. The molecule has 1 aliphatic heterocycles. The summed E-state index contributed by atoms with van der Waals surface area (Å²) in [4.78, 5) is 25.6. The zero-order chi connectivity index (χ0) is 21.1.